The predicted octanol–water partition coefficient (Wildman–Crippen LogP) is 3.72. The maximum atomic E-state index is 11.7. The third kappa shape index (κ3) is 4.36. The molecule has 0 bridgehead atoms. The molecule has 0 heterocycles. The van der Waals surface area contributed by atoms with Gasteiger partial charge in [0.15, 0.2) is 0 Å². The molecule has 0 aliphatic carbocycles. The van der Waals surface area contributed by atoms with Crippen LogP contribution in [0, 0.1) is 5.92 Å². The molecule has 1 unspecified atom stereocenters. The maximum absolute atomic E-state index is 11.7. The van der Waals surface area contributed by atoms with Crippen LogP contribution in [0.4, 0.5) is 0 Å². The number of rotatable bonds is 6. The van der Waals surface area contributed by atoms with Gasteiger partial charge in [-0.15, -0.1) is 0 Å². The quantitative estimate of drug-likeness (QED) is 0.565. The number of carbonyl (C=O) groups is 1. The standard InChI is InChI=1S/C16H22O2/c1-5-10-18-16(17)13(4)15-8-6-14(7-9-15)11-12(2)3/h5-9,12-13H,1,10-11H2,2-4H3. The summed E-state index contributed by atoms with van der Waals surface area (Å²) in [6.45, 7) is 10.1. The average Bonchev–Trinajstić information content (AvgIpc) is 2.35. The van der Waals surface area contributed by atoms with Crippen LogP contribution in [0.25, 0.3) is 0 Å². The molecule has 0 spiro atoms. The van der Waals surface area contributed by atoms with Crippen LogP contribution in [0.15, 0.2) is 36.9 Å². The van der Waals surface area contributed by atoms with Crippen molar-refractivity contribution in [1.29, 1.82) is 0 Å². The van der Waals surface area contributed by atoms with E-state index in [1.807, 2.05) is 19.1 Å². The van der Waals surface area contributed by atoms with Crippen LogP contribution in [0.2, 0.25) is 0 Å². The molecule has 0 aliphatic rings. The van der Waals surface area contributed by atoms with E-state index >= 15 is 0 Å². The topological polar surface area (TPSA) is 26.3 Å². The van der Waals surface area contributed by atoms with Gasteiger partial charge in [0.1, 0.15) is 6.61 Å². The minimum atomic E-state index is -0.224. The van der Waals surface area contributed by atoms with Crippen molar-refractivity contribution in [2.75, 3.05) is 6.61 Å². The van der Waals surface area contributed by atoms with Crippen molar-refractivity contribution in [3.63, 3.8) is 0 Å². The molecule has 1 aromatic rings. The van der Waals surface area contributed by atoms with Crippen LogP contribution >= 0.6 is 0 Å². The fourth-order valence-electron chi connectivity index (χ4n) is 1.82. The van der Waals surface area contributed by atoms with Crippen LogP contribution < -0.4 is 0 Å². The lowest BCUT2D eigenvalue weighted by Crippen LogP contribution is -2.13. The Labute approximate surface area is 110 Å². The summed E-state index contributed by atoms with van der Waals surface area (Å²) < 4.78 is 5.05. The average molecular weight is 246 g/mol. The Hall–Kier alpha value is -1.57. The fraction of sp³-hybridized carbons (Fsp3) is 0.438. The summed E-state index contributed by atoms with van der Waals surface area (Å²) >= 11 is 0. The third-order valence-corrected chi connectivity index (χ3v) is 2.82. The van der Waals surface area contributed by atoms with Gasteiger partial charge in [-0.3, -0.25) is 4.79 Å². The summed E-state index contributed by atoms with van der Waals surface area (Å²) in [5, 5.41) is 0. The number of benzene rings is 1. The molecule has 0 saturated carbocycles. The zero-order valence-electron chi connectivity index (χ0n) is 11.5. The first kappa shape index (κ1) is 14.5. The van der Waals surface area contributed by atoms with Gasteiger partial charge < -0.3 is 4.74 Å². The highest BCUT2D eigenvalue weighted by atomic mass is 16.5. The molecular formula is C16H22O2. The third-order valence-electron chi connectivity index (χ3n) is 2.82. The van der Waals surface area contributed by atoms with E-state index in [0.29, 0.717) is 5.92 Å². The molecule has 0 radical (unpaired) electrons. The van der Waals surface area contributed by atoms with Crippen molar-refractivity contribution in [2.24, 2.45) is 5.92 Å². The van der Waals surface area contributed by atoms with Gasteiger partial charge >= 0.3 is 5.97 Å². The van der Waals surface area contributed by atoms with Crippen LogP contribution in [-0.2, 0) is 16.0 Å². The van der Waals surface area contributed by atoms with Gasteiger partial charge in [-0.05, 0) is 30.4 Å². The Kier molecular flexibility index (Phi) is 5.63. The Bertz CT molecular complexity index is 390. The highest BCUT2D eigenvalue weighted by molar-refractivity contribution is 5.77. The number of carbonyl (C=O) groups excluding carboxylic acids is 1. The molecule has 0 saturated heterocycles. The van der Waals surface area contributed by atoms with Gasteiger partial charge in [0.05, 0.1) is 5.92 Å². The van der Waals surface area contributed by atoms with Crippen molar-refractivity contribution >= 4 is 5.97 Å². The van der Waals surface area contributed by atoms with E-state index in [1.165, 1.54) is 5.56 Å². The first-order valence-electron chi connectivity index (χ1n) is 6.41. The maximum Gasteiger partial charge on any atom is 0.313 e. The summed E-state index contributed by atoms with van der Waals surface area (Å²) in [4.78, 5) is 11.7. The lowest BCUT2D eigenvalue weighted by molar-refractivity contribution is -0.143. The SMILES string of the molecule is C=CCOC(=O)C(C)c1ccc(CC(C)C)cc1. The van der Waals surface area contributed by atoms with E-state index < -0.39 is 0 Å². The van der Waals surface area contributed by atoms with Crippen LogP contribution in [-0.4, -0.2) is 12.6 Å². The first-order chi connectivity index (χ1) is 8.54. The molecule has 2 nitrogen and oxygen atoms in total. The molecule has 0 aromatic heterocycles. The smallest absolute Gasteiger partial charge is 0.313 e. The van der Waals surface area contributed by atoms with E-state index in [4.69, 9.17) is 4.74 Å². The first-order valence-corrected chi connectivity index (χ1v) is 6.41. The minimum Gasteiger partial charge on any atom is -0.461 e. The zero-order valence-corrected chi connectivity index (χ0v) is 11.5. The molecule has 1 rings (SSSR count). The lowest BCUT2D eigenvalue weighted by atomic mass is 9.97. The van der Waals surface area contributed by atoms with E-state index in [1.54, 1.807) is 6.08 Å². The highest BCUT2D eigenvalue weighted by Gasteiger charge is 2.16. The van der Waals surface area contributed by atoms with Crippen LogP contribution in [0.1, 0.15) is 37.8 Å². The summed E-state index contributed by atoms with van der Waals surface area (Å²) in [6.07, 6.45) is 2.64. The predicted molar refractivity (Wildman–Crippen MR) is 74.6 cm³/mol. The largest absolute Gasteiger partial charge is 0.461 e. The van der Waals surface area contributed by atoms with Gasteiger partial charge in [0, 0.05) is 0 Å². The van der Waals surface area contributed by atoms with Crippen molar-refractivity contribution in [1.82, 2.24) is 0 Å². The van der Waals surface area contributed by atoms with Gasteiger partial charge in [-0.2, -0.15) is 0 Å². The molecule has 18 heavy (non-hydrogen) atoms. The van der Waals surface area contributed by atoms with Crippen LogP contribution in [0.3, 0.4) is 0 Å². The normalized spacial score (nSPS) is 12.2. The number of esters is 1. The number of hydrogen-bond acceptors (Lipinski definition) is 2. The Morgan fingerprint density at radius 2 is 1.89 bits per heavy atom. The van der Waals surface area contributed by atoms with E-state index in [2.05, 4.69) is 32.6 Å². The van der Waals surface area contributed by atoms with Crippen LogP contribution in [0.5, 0.6) is 0 Å². The molecule has 0 aliphatic heterocycles. The fourth-order valence-corrected chi connectivity index (χ4v) is 1.82. The van der Waals surface area contributed by atoms with Crippen molar-refractivity contribution in [3.05, 3.63) is 48.0 Å². The molecule has 1 atom stereocenters. The Morgan fingerprint density at radius 1 is 1.28 bits per heavy atom. The summed E-state index contributed by atoms with van der Waals surface area (Å²) in [7, 11) is 0. The van der Waals surface area contributed by atoms with Gasteiger partial charge in [-0.1, -0.05) is 50.8 Å². The van der Waals surface area contributed by atoms with E-state index in [-0.39, 0.29) is 18.5 Å². The van der Waals surface area contributed by atoms with E-state index in [9.17, 15) is 4.79 Å². The van der Waals surface area contributed by atoms with Gasteiger partial charge in [0.25, 0.3) is 0 Å². The molecule has 0 fully saturated rings. The minimum absolute atomic E-state index is 0.202. The van der Waals surface area contributed by atoms with E-state index in [0.717, 1.165) is 12.0 Å². The van der Waals surface area contributed by atoms with Crippen molar-refractivity contribution in [3.8, 4) is 0 Å². The molecule has 98 valence electrons. The Morgan fingerprint density at radius 3 is 2.39 bits per heavy atom. The molecular weight excluding hydrogens is 224 g/mol. The summed E-state index contributed by atoms with van der Waals surface area (Å²) in [6, 6.07) is 8.20. The molecule has 2 heteroatoms. The Balaban J connectivity index is 2.66. The van der Waals surface area contributed by atoms with Gasteiger partial charge in [-0.25, -0.2) is 0 Å². The second kappa shape index (κ2) is 7.00. The van der Waals surface area contributed by atoms with Crippen molar-refractivity contribution in [2.45, 2.75) is 33.1 Å². The summed E-state index contributed by atoms with van der Waals surface area (Å²) in [5.74, 6) is 0.218. The summed E-state index contributed by atoms with van der Waals surface area (Å²) in [5.41, 5.74) is 2.30. The number of ether oxygens (including phenoxy) is 1. The highest BCUT2D eigenvalue weighted by Crippen LogP contribution is 2.18. The second-order valence-electron chi connectivity index (χ2n) is 4.98. The number of hydrogen-bond donors (Lipinski definition) is 0. The monoisotopic (exact) mass is 246 g/mol. The van der Waals surface area contributed by atoms with Crippen molar-refractivity contribution < 1.29 is 9.53 Å². The molecule has 0 N–H and O–H groups in total. The second-order valence-corrected chi connectivity index (χ2v) is 4.98. The molecule has 0 amide bonds. The zero-order chi connectivity index (χ0) is 13.5. The lowest BCUT2D eigenvalue weighted by Gasteiger charge is -2.12. The van der Waals surface area contributed by atoms with Gasteiger partial charge in [0.2, 0.25) is 0 Å². The molecule has 1 aromatic carbocycles.